The van der Waals surface area contributed by atoms with Crippen molar-refractivity contribution in [2.45, 2.75) is 12.6 Å². The Kier molecular flexibility index (Phi) is 6.01. The van der Waals surface area contributed by atoms with Crippen LogP contribution in [-0.2, 0) is 16.1 Å². The first-order chi connectivity index (χ1) is 17.1. The SMILES string of the molecule is C=CCOc1cccc(C2/C(=C(\O)c3ccc4c(c3)OCCO4)C(=O)C(=O)N2Cc2ccco2)c1. The molecule has 0 aliphatic carbocycles. The number of ketones is 1. The number of nitrogens with zero attached hydrogens (tertiary/aromatic N) is 1. The Hall–Kier alpha value is -4.46. The predicted octanol–water partition coefficient (Wildman–Crippen LogP) is 4.24. The summed E-state index contributed by atoms with van der Waals surface area (Å²) < 4.78 is 22.3. The zero-order chi connectivity index (χ0) is 24.4. The van der Waals surface area contributed by atoms with E-state index in [1.807, 2.05) is 0 Å². The molecule has 1 saturated heterocycles. The van der Waals surface area contributed by atoms with Crippen molar-refractivity contribution in [2.24, 2.45) is 0 Å². The average molecular weight is 473 g/mol. The molecular weight excluding hydrogens is 450 g/mol. The van der Waals surface area contributed by atoms with E-state index in [1.54, 1.807) is 60.7 Å². The molecule has 3 aromatic rings. The third-order valence-corrected chi connectivity index (χ3v) is 5.80. The molecule has 1 N–H and O–H groups in total. The van der Waals surface area contributed by atoms with Gasteiger partial charge in [-0.1, -0.05) is 24.8 Å². The Morgan fingerprint density at radius 3 is 2.69 bits per heavy atom. The lowest BCUT2D eigenvalue weighted by molar-refractivity contribution is -0.140. The first-order valence-electron chi connectivity index (χ1n) is 11.1. The van der Waals surface area contributed by atoms with E-state index < -0.39 is 17.7 Å². The summed E-state index contributed by atoms with van der Waals surface area (Å²) in [7, 11) is 0. The molecule has 2 aliphatic rings. The summed E-state index contributed by atoms with van der Waals surface area (Å²) in [6, 6.07) is 14.5. The molecule has 178 valence electrons. The molecule has 5 rings (SSSR count). The van der Waals surface area contributed by atoms with Gasteiger partial charge in [0.15, 0.2) is 11.5 Å². The number of fused-ring (bicyclic) bond motifs is 1. The highest BCUT2D eigenvalue weighted by Crippen LogP contribution is 2.42. The van der Waals surface area contributed by atoms with Crippen molar-refractivity contribution in [3.63, 3.8) is 0 Å². The van der Waals surface area contributed by atoms with Gasteiger partial charge in [-0.25, -0.2) is 0 Å². The van der Waals surface area contributed by atoms with Crippen LogP contribution in [0.2, 0.25) is 0 Å². The molecule has 3 heterocycles. The highest BCUT2D eigenvalue weighted by atomic mass is 16.6. The number of carbonyl (C=O) groups excluding carboxylic acids is 2. The maximum Gasteiger partial charge on any atom is 0.296 e. The van der Waals surface area contributed by atoms with Gasteiger partial charge in [-0.05, 0) is 48.0 Å². The molecule has 1 aromatic heterocycles. The van der Waals surface area contributed by atoms with Gasteiger partial charge in [-0.15, -0.1) is 0 Å². The van der Waals surface area contributed by atoms with Gasteiger partial charge in [0.05, 0.1) is 24.4 Å². The lowest BCUT2D eigenvalue weighted by atomic mass is 9.95. The Morgan fingerprint density at radius 1 is 1.09 bits per heavy atom. The van der Waals surface area contributed by atoms with E-state index >= 15 is 0 Å². The van der Waals surface area contributed by atoms with Crippen LogP contribution in [0.15, 0.2) is 83.5 Å². The number of Topliss-reactive ketones (excluding diaryl/α,β-unsaturated/α-hetero) is 1. The van der Waals surface area contributed by atoms with E-state index in [4.69, 9.17) is 18.6 Å². The number of hydrogen-bond donors (Lipinski definition) is 1. The molecule has 2 aromatic carbocycles. The second kappa shape index (κ2) is 9.42. The predicted molar refractivity (Wildman–Crippen MR) is 126 cm³/mol. The molecule has 1 atom stereocenters. The van der Waals surface area contributed by atoms with Gasteiger partial charge in [0.25, 0.3) is 11.7 Å². The van der Waals surface area contributed by atoms with Gasteiger partial charge in [0, 0.05) is 5.56 Å². The Balaban J connectivity index is 1.62. The number of ether oxygens (including phenoxy) is 3. The lowest BCUT2D eigenvalue weighted by Crippen LogP contribution is -2.29. The van der Waals surface area contributed by atoms with Gasteiger partial charge >= 0.3 is 0 Å². The second-order valence-corrected chi connectivity index (χ2v) is 8.04. The minimum Gasteiger partial charge on any atom is -0.507 e. The number of likely N-dealkylation sites (tertiary alicyclic amines) is 1. The van der Waals surface area contributed by atoms with E-state index in [9.17, 15) is 14.7 Å². The second-order valence-electron chi connectivity index (χ2n) is 8.04. The molecule has 0 bridgehead atoms. The van der Waals surface area contributed by atoms with Crippen LogP contribution in [0, 0.1) is 0 Å². The fourth-order valence-corrected chi connectivity index (χ4v) is 4.24. The molecule has 35 heavy (non-hydrogen) atoms. The number of furan rings is 1. The Labute approximate surface area is 201 Å². The number of benzene rings is 2. The van der Waals surface area contributed by atoms with Crippen LogP contribution in [0.3, 0.4) is 0 Å². The van der Waals surface area contributed by atoms with Crippen LogP contribution in [0.1, 0.15) is 22.9 Å². The number of aliphatic hydroxyl groups is 1. The summed E-state index contributed by atoms with van der Waals surface area (Å²) in [5.41, 5.74) is 0.921. The smallest absolute Gasteiger partial charge is 0.296 e. The largest absolute Gasteiger partial charge is 0.507 e. The van der Waals surface area contributed by atoms with Crippen molar-refractivity contribution in [2.75, 3.05) is 19.8 Å². The zero-order valence-electron chi connectivity index (χ0n) is 18.8. The monoisotopic (exact) mass is 473 g/mol. The third kappa shape index (κ3) is 4.26. The van der Waals surface area contributed by atoms with Crippen LogP contribution in [0.4, 0.5) is 0 Å². The van der Waals surface area contributed by atoms with Gasteiger partial charge in [-0.3, -0.25) is 9.59 Å². The minimum atomic E-state index is -0.861. The summed E-state index contributed by atoms with van der Waals surface area (Å²) in [5, 5.41) is 11.3. The molecule has 0 saturated carbocycles. The molecule has 8 nitrogen and oxygen atoms in total. The zero-order valence-corrected chi connectivity index (χ0v) is 18.8. The van der Waals surface area contributed by atoms with Gasteiger partial charge in [0.2, 0.25) is 0 Å². The van der Waals surface area contributed by atoms with Gasteiger partial charge < -0.3 is 28.6 Å². The van der Waals surface area contributed by atoms with Crippen LogP contribution < -0.4 is 14.2 Å². The molecule has 1 fully saturated rings. The van der Waals surface area contributed by atoms with Crippen molar-refractivity contribution in [1.82, 2.24) is 4.90 Å². The standard InChI is InChI=1S/C27H23NO7/c1-2-10-32-19-6-3-5-17(14-19)24-23(26(30)27(31)28(24)16-20-7-4-11-33-20)25(29)18-8-9-21-22(15-18)35-13-12-34-21/h2-9,11,14-15,24,29H,1,10,12-13,16H2/b25-23+. The quantitative estimate of drug-likeness (QED) is 0.237. The van der Waals surface area contributed by atoms with Crippen molar-refractivity contribution >= 4 is 17.4 Å². The van der Waals surface area contributed by atoms with E-state index in [0.717, 1.165) is 0 Å². The number of rotatable bonds is 7. The molecule has 2 aliphatic heterocycles. The van der Waals surface area contributed by atoms with E-state index in [-0.39, 0.29) is 17.9 Å². The normalized spacial score (nSPS) is 18.5. The van der Waals surface area contributed by atoms with Crippen LogP contribution in [-0.4, -0.2) is 41.5 Å². The summed E-state index contributed by atoms with van der Waals surface area (Å²) in [5.74, 6) is 0.246. The highest BCUT2D eigenvalue weighted by Gasteiger charge is 2.46. The Morgan fingerprint density at radius 2 is 1.91 bits per heavy atom. The van der Waals surface area contributed by atoms with Crippen molar-refractivity contribution < 1.29 is 33.3 Å². The van der Waals surface area contributed by atoms with Crippen LogP contribution in [0.25, 0.3) is 5.76 Å². The maximum atomic E-state index is 13.2. The number of amides is 1. The van der Waals surface area contributed by atoms with E-state index in [2.05, 4.69) is 6.58 Å². The van der Waals surface area contributed by atoms with Gasteiger partial charge in [0.1, 0.15) is 37.1 Å². The summed E-state index contributed by atoms with van der Waals surface area (Å²) in [6.45, 7) is 4.82. The Bertz CT molecular complexity index is 1310. The number of carbonyl (C=O) groups is 2. The van der Waals surface area contributed by atoms with Crippen molar-refractivity contribution in [3.8, 4) is 17.2 Å². The van der Waals surface area contributed by atoms with Crippen LogP contribution >= 0.6 is 0 Å². The molecular formula is C27H23NO7. The summed E-state index contributed by atoms with van der Waals surface area (Å²) in [6.07, 6.45) is 3.12. The van der Waals surface area contributed by atoms with E-state index in [0.29, 0.717) is 54.0 Å². The van der Waals surface area contributed by atoms with Crippen LogP contribution in [0.5, 0.6) is 17.2 Å². The molecule has 1 amide bonds. The van der Waals surface area contributed by atoms with Crippen molar-refractivity contribution in [3.05, 3.63) is 96.0 Å². The number of aliphatic hydroxyl groups excluding tert-OH is 1. The lowest BCUT2D eigenvalue weighted by Gasteiger charge is -2.25. The first kappa shape index (κ1) is 22.3. The topological polar surface area (TPSA) is 98.4 Å². The van der Waals surface area contributed by atoms with Gasteiger partial charge in [-0.2, -0.15) is 0 Å². The van der Waals surface area contributed by atoms with E-state index in [1.165, 1.54) is 11.2 Å². The fourth-order valence-electron chi connectivity index (χ4n) is 4.24. The highest BCUT2D eigenvalue weighted by molar-refractivity contribution is 6.46. The number of hydrogen-bond acceptors (Lipinski definition) is 7. The minimum absolute atomic E-state index is 0.0286. The average Bonchev–Trinajstić information content (AvgIpc) is 3.49. The molecule has 1 unspecified atom stereocenters. The molecule has 0 spiro atoms. The molecule has 8 heteroatoms. The summed E-state index contributed by atoms with van der Waals surface area (Å²) >= 11 is 0. The molecule has 0 radical (unpaired) electrons. The first-order valence-corrected chi connectivity index (χ1v) is 11.1. The summed E-state index contributed by atoms with van der Waals surface area (Å²) in [4.78, 5) is 27.8. The van der Waals surface area contributed by atoms with Crippen molar-refractivity contribution in [1.29, 1.82) is 0 Å². The maximum absolute atomic E-state index is 13.2. The third-order valence-electron chi connectivity index (χ3n) is 5.80. The fraction of sp³-hybridized carbons (Fsp3) is 0.185.